The molecule has 0 aliphatic rings. The second kappa shape index (κ2) is 5.18. The van der Waals surface area contributed by atoms with Crippen molar-refractivity contribution in [3.63, 3.8) is 0 Å². The van der Waals surface area contributed by atoms with Gasteiger partial charge in [-0.3, -0.25) is 9.78 Å². The van der Waals surface area contributed by atoms with Crippen LogP contribution in [0.5, 0.6) is 0 Å². The van der Waals surface area contributed by atoms with E-state index in [1.54, 1.807) is 49.3 Å². The van der Waals surface area contributed by atoms with Crippen molar-refractivity contribution in [1.29, 1.82) is 0 Å². The van der Waals surface area contributed by atoms with Gasteiger partial charge in [0.05, 0.1) is 10.5 Å². The summed E-state index contributed by atoms with van der Waals surface area (Å²) in [5, 5.41) is 4.92. The molecule has 0 radical (unpaired) electrons. The first-order valence-corrected chi connectivity index (χ1v) is 6.75. The Labute approximate surface area is 126 Å². The maximum atomic E-state index is 12.2. The van der Waals surface area contributed by atoms with Crippen LogP contribution in [0.4, 0.5) is 0 Å². The van der Waals surface area contributed by atoms with Gasteiger partial charge in [-0.1, -0.05) is 11.6 Å². The van der Waals surface area contributed by atoms with Gasteiger partial charge in [-0.05, 0) is 24.3 Å². The first-order chi connectivity index (χ1) is 10.1. The van der Waals surface area contributed by atoms with Crippen molar-refractivity contribution in [2.24, 2.45) is 0 Å². The van der Waals surface area contributed by atoms with E-state index in [-0.39, 0.29) is 5.91 Å². The molecule has 6 heteroatoms. The van der Waals surface area contributed by atoms with Crippen molar-refractivity contribution < 1.29 is 4.79 Å². The molecule has 106 valence electrons. The molecule has 0 saturated heterocycles. The zero-order valence-corrected chi connectivity index (χ0v) is 12.4. The molecule has 0 bridgehead atoms. The van der Waals surface area contributed by atoms with E-state index < -0.39 is 0 Å². The molecule has 21 heavy (non-hydrogen) atoms. The van der Waals surface area contributed by atoms with Crippen molar-refractivity contribution in [2.75, 3.05) is 14.1 Å². The van der Waals surface area contributed by atoms with Crippen LogP contribution < -0.4 is 0 Å². The highest BCUT2D eigenvalue weighted by Gasteiger charge is 2.16. The van der Waals surface area contributed by atoms with Gasteiger partial charge in [0, 0.05) is 43.8 Å². The van der Waals surface area contributed by atoms with E-state index in [0.717, 1.165) is 16.6 Å². The summed E-state index contributed by atoms with van der Waals surface area (Å²) >= 11 is 6.26. The van der Waals surface area contributed by atoms with Crippen LogP contribution in [-0.2, 0) is 0 Å². The summed E-state index contributed by atoms with van der Waals surface area (Å²) in [4.78, 5) is 17.8. The number of rotatable bonds is 2. The largest absolute Gasteiger partial charge is 0.343 e. The number of aromatic nitrogens is 3. The molecule has 3 aromatic rings. The Balaban J connectivity index is 2.28. The smallest absolute Gasteiger partial charge is 0.273 e. The van der Waals surface area contributed by atoms with Crippen LogP contribution in [-0.4, -0.2) is 39.5 Å². The van der Waals surface area contributed by atoms with Gasteiger partial charge >= 0.3 is 0 Å². The summed E-state index contributed by atoms with van der Waals surface area (Å²) in [6.07, 6.45) is 5.12. The molecule has 0 spiro atoms. The number of carbonyl (C=O) groups excluding carboxylic acids is 1. The van der Waals surface area contributed by atoms with Gasteiger partial charge in [-0.2, -0.15) is 5.10 Å². The third-order valence-corrected chi connectivity index (χ3v) is 3.51. The second-order valence-electron chi connectivity index (χ2n) is 4.84. The van der Waals surface area contributed by atoms with Gasteiger partial charge < -0.3 is 4.90 Å². The van der Waals surface area contributed by atoms with E-state index in [2.05, 4.69) is 10.1 Å². The van der Waals surface area contributed by atoms with Crippen molar-refractivity contribution in [3.8, 4) is 11.1 Å². The van der Waals surface area contributed by atoms with Crippen LogP contribution in [0.15, 0.2) is 42.9 Å². The van der Waals surface area contributed by atoms with Crippen molar-refractivity contribution in [2.45, 2.75) is 0 Å². The van der Waals surface area contributed by atoms with Gasteiger partial charge in [0.25, 0.3) is 5.91 Å². The van der Waals surface area contributed by atoms with Crippen LogP contribution in [0.2, 0.25) is 5.02 Å². The number of fused-ring (bicyclic) bond motifs is 1. The SMILES string of the molecule is CN(C)C(=O)c1cc(-c2cnccc2Cl)c2cccn2n1. The number of hydrogen-bond donors (Lipinski definition) is 0. The lowest BCUT2D eigenvalue weighted by Crippen LogP contribution is -2.23. The normalized spacial score (nSPS) is 10.8. The minimum absolute atomic E-state index is 0.160. The van der Waals surface area contributed by atoms with Gasteiger partial charge in [-0.15, -0.1) is 0 Å². The molecule has 3 heterocycles. The average Bonchev–Trinajstić information content (AvgIpc) is 2.94. The molecule has 5 nitrogen and oxygen atoms in total. The third kappa shape index (κ3) is 2.36. The summed E-state index contributed by atoms with van der Waals surface area (Å²) in [5.74, 6) is -0.160. The van der Waals surface area contributed by atoms with E-state index >= 15 is 0 Å². The van der Waals surface area contributed by atoms with E-state index in [1.807, 2.05) is 12.1 Å². The summed E-state index contributed by atoms with van der Waals surface area (Å²) in [6, 6.07) is 7.28. The van der Waals surface area contributed by atoms with Gasteiger partial charge in [-0.25, -0.2) is 4.52 Å². The Bertz CT molecular complexity index is 825. The molecule has 0 aromatic carbocycles. The molecule has 0 atom stereocenters. The lowest BCUT2D eigenvalue weighted by atomic mass is 10.1. The summed E-state index contributed by atoms with van der Waals surface area (Å²) in [7, 11) is 3.39. The Morgan fingerprint density at radius 1 is 1.29 bits per heavy atom. The number of pyridine rings is 1. The van der Waals surface area contributed by atoms with Crippen molar-refractivity contribution >= 4 is 23.0 Å². The third-order valence-electron chi connectivity index (χ3n) is 3.18. The number of amides is 1. The molecular formula is C15H13ClN4O. The lowest BCUT2D eigenvalue weighted by Gasteiger charge is -2.12. The van der Waals surface area contributed by atoms with E-state index in [9.17, 15) is 4.79 Å². The molecule has 1 amide bonds. The molecule has 3 aromatic heterocycles. The highest BCUT2D eigenvalue weighted by molar-refractivity contribution is 6.33. The van der Waals surface area contributed by atoms with Crippen LogP contribution in [0, 0.1) is 0 Å². The number of halogens is 1. The van der Waals surface area contributed by atoms with E-state index in [0.29, 0.717) is 10.7 Å². The molecule has 0 fully saturated rings. The average molecular weight is 301 g/mol. The van der Waals surface area contributed by atoms with Crippen LogP contribution >= 0.6 is 11.6 Å². The van der Waals surface area contributed by atoms with Gasteiger partial charge in [0.1, 0.15) is 5.69 Å². The Kier molecular flexibility index (Phi) is 3.35. The minimum atomic E-state index is -0.160. The number of nitrogens with zero attached hydrogens (tertiary/aromatic N) is 4. The Morgan fingerprint density at radius 2 is 2.10 bits per heavy atom. The first kappa shape index (κ1) is 13.6. The fraction of sp³-hybridized carbons (Fsp3) is 0.133. The number of hydrogen-bond acceptors (Lipinski definition) is 3. The van der Waals surface area contributed by atoms with Gasteiger partial charge in [0.2, 0.25) is 0 Å². The van der Waals surface area contributed by atoms with Crippen LogP contribution in [0.25, 0.3) is 16.6 Å². The molecule has 0 aliphatic heterocycles. The van der Waals surface area contributed by atoms with Crippen molar-refractivity contribution in [1.82, 2.24) is 19.5 Å². The predicted molar refractivity (Wildman–Crippen MR) is 81.5 cm³/mol. The maximum absolute atomic E-state index is 12.2. The highest BCUT2D eigenvalue weighted by Crippen LogP contribution is 2.30. The summed E-state index contributed by atoms with van der Waals surface area (Å²) in [5.41, 5.74) is 2.84. The summed E-state index contributed by atoms with van der Waals surface area (Å²) in [6.45, 7) is 0. The Hall–Kier alpha value is -2.40. The second-order valence-corrected chi connectivity index (χ2v) is 5.24. The quantitative estimate of drug-likeness (QED) is 0.731. The van der Waals surface area contributed by atoms with E-state index in [4.69, 9.17) is 11.6 Å². The van der Waals surface area contributed by atoms with Crippen LogP contribution in [0.1, 0.15) is 10.5 Å². The van der Waals surface area contributed by atoms with E-state index in [1.165, 1.54) is 4.90 Å². The lowest BCUT2D eigenvalue weighted by molar-refractivity contribution is 0.0820. The maximum Gasteiger partial charge on any atom is 0.273 e. The number of carbonyl (C=O) groups is 1. The first-order valence-electron chi connectivity index (χ1n) is 6.38. The standard InChI is InChI=1S/C15H13ClN4O/c1-19(2)15(21)13-8-10(11-9-17-6-5-12(11)16)14-4-3-7-20(14)18-13/h3-9H,1-2H3. The van der Waals surface area contributed by atoms with Crippen LogP contribution in [0.3, 0.4) is 0 Å². The summed E-state index contributed by atoms with van der Waals surface area (Å²) < 4.78 is 1.68. The molecule has 0 saturated carbocycles. The topological polar surface area (TPSA) is 50.5 Å². The fourth-order valence-electron chi connectivity index (χ4n) is 2.15. The molecule has 3 rings (SSSR count). The zero-order valence-electron chi connectivity index (χ0n) is 11.6. The monoisotopic (exact) mass is 300 g/mol. The molecular weight excluding hydrogens is 288 g/mol. The Morgan fingerprint density at radius 3 is 2.81 bits per heavy atom. The minimum Gasteiger partial charge on any atom is -0.343 e. The molecule has 0 aliphatic carbocycles. The zero-order chi connectivity index (χ0) is 15.0. The van der Waals surface area contributed by atoms with Crippen molar-refractivity contribution in [3.05, 3.63) is 53.6 Å². The van der Waals surface area contributed by atoms with Gasteiger partial charge in [0.15, 0.2) is 0 Å². The molecule has 0 unspecified atom stereocenters. The predicted octanol–water partition coefficient (Wildman–Crippen LogP) is 2.75. The highest BCUT2D eigenvalue weighted by atomic mass is 35.5. The fourth-order valence-corrected chi connectivity index (χ4v) is 2.36. The molecule has 0 N–H and O–H groups in total.